The molecule has 1 unspecified atom stereocenters. The molecule has 0 spiro atoms. The number of hydrogen-bond donors (Lipinski definition) is 0. The molecule has 3 aromatic carbocycles. The normalized spacial score (nSPS) is 18.5. The van der Waals surface area contributed by atoms with Gasteiger partial charge in [0.05, 0.1) is 12.0 Å². The molecule has 4 aromatic rings. The van der Waals surface area contributed by atoms with Crippen molar-refractivity contribution in [2.24, 2.45) is 5.41 Å². The fraction of sp³-hybridized carbons (Fsp3) is 0.0667. The highest BCUT2D eigenvalue weighted by atomic mass is 32.2. The predicted molar refractivity (Wildman–Crippen MR) is 138 cm³/mol. The summed E-state index contributed by atoms with van der Waals surface area (Å²) in [6, 6.07) is 30.9. The summed E-state index contributed by atoms with van der Waals surface area (Å²) in [4.78, 5) is 31.3. The zero-order valence-corrected chi connectivity index (χ0v) is 19.6. The van der Waals surface area contributed by atoms with Crippen molar-refractivity contribution in [3.63, 3.8) is 0 Å². The number of rotatable bonds is 6. The van der Waals surface area contributed by atoms with Crippen LogP contribution < -0.4 is 0 Å². The molecule has 0 bridgehead atoms. The van der Waals surface area contributed by atoms with Gasteiger partial charge in [-0.1, -0.05) is 72.8 Å². The van der Waals surface area contributed by atoms with Gasteiger partial charge in [0, 0.05) is 28.0 Å². The summed E-state index contributed by atoms with van der Waals surface area (Å²) in [6.45, 7) is 0. The van der Waals surface area contributed by atoms with E-state index in [4.69, 9.17) is 4.42 Å². The minimum Gasteiger partial charge on any atom is -0.461 e. The third-order valence-corrected chi connectivity index (χ3v) is 7.68. The molecule has 1 aromatic heterocycles. The highest BCUT2D eigenvalue weighted by Crippen LogP contribution is 2.55. The highest BCUT2D eigenvalue weighted by Gasteiger charge is 2.59. The Labute approximate surface area is 207 Å². The van der Waals surface area contributed by atoms with E-state index in [1.807, 2.05) is 91.0 Å². The van der Waals surface area contributed by atoms with Crippen LogP contribution in [0.5, 0.6) is 0 Å². The van der Waals surface area contributed by atoms with E-state index in [-0.39, 0.29) is 23.2 Å². The maximum absolute atomic E-state index is 14.4. The molecular weight excluding hydrogens is 454 g/mol. The lowest BCUT2D eigenvalue weighted by atomic mass is 9.74. The topological polar surface area (TPSA) is 50.5 Å². The number of ketones is 1. The summed E-state index contributed by atoms with van der Waals surface area (Å²) in [5.41, 5.74) is 2.80. The Morgan fingerprint density at radius 2 is 1.57 bits per heavy atom. The van der Waals surface area contributed by atoms with Crippen LogP contribution in [0.2, 0.25) is 0 Å². The summed E-state index contributed by atoms with van der Waals surface area (Å²) in [5, 5.41) is 0. The quantitative estimate of drug-likeness (QED) is 0.178. The van der Waals surface area contributed by atoms with Crippen LogP contribution in [0.15, 0.2) is 119 Å². The zero-order chi connectivity index (χ0) is 23.8. The first-order chi connectivity index (χ1) is 17.2. The summed E-state index contributed by atoms with van der Waals surface area (Å²) in [7, 11) is 0. The number of nitrogens with zero attached hydrogens (tertiary/aromatic N) is 1. The van der Waals surface area contributed by atoms with Gasteiger partial charge in [-0.05, 0) is 41.5 Å². The van der Waals surface area contributed by atoms with Gasteiger partial charge in [-0.25, -0.2) is 0 Å². The van der Waals surface area contributed by atoms with Gasteiger partial charge in [0.25, 0.3) is 5.91 Å². The van der Waals surface area contributed by atoms with Crippen LogP contribution in [-0.2, 0) is 4.79 Å². The number of hydrogen-bond acceptors (Lipinski definition) is 4. The van der Waals surface area contributed by atoms with Crippen molar-refractivity contribution in [1.82, 2.24) is 4.90 Å². The molecule has 1 amide bonds. The van der Waals surface area contributed by atoms with E-state index in [1.165, 1.54) is 18.0 Å². The maximum atomic E-state index is 14.4. The first kappa shape index (κ1) is 21.4. The van der Waals surface area contributed by atoms with E-state index in [2.05, 4.69) is 0 Å². The first-order valence-electron chi connectivity index (χ1n) is 11.4. The van der Waals surface area contributed by atoms with Crippen LogP contribution in [0.1, 0.15) is 27.2 Å². The molecule has 2 aliphatic heterocycles. The third kappa shape index (κ3) is 3.39. The second-order valence-electron chi connectivity index (χ2n) is 8.48. The molecule has 170 valence electrons. The van der Waals surface area contributed by atoms with Crippen LogP contribution >= 0.6 is 11.8 Å². The van der Waals surface area contributed by atoms with Gasteiger partial charge in [-0.15, -0.1) is 11.8 Å². The van der Waals surface area contributed by atoms with Crippen molar-refractivity contribution in [3.05, 3.63) is 132 Å². The van der Waals surface area contributed by atoms with E-state index in [0.717, 1.165) is 27.3 Å². The standard InChI is InChI=1S/C30H21NO3S/c32-28(25-16-9-19-34-25)30(20-35-23-13-5-2-6-14-23)26(22-11-3-1-4-12-22)27-24-15-8-7-10-21(24)17-18-31(27)29(30)33/h1-19H,20H2. The van der Waals surface area contributed by atoms with E-state index in [1.54, 1.807) is 23.2 Å². The number of thioether (sulfide) groups is 1. The minimum atomic E-state index is -1.46. The van der Waals surface area contributed by atoms with Crippen LogP contribution in [0, 0.1) is 5.41 Å². The fourth-order valence-electron chi connectivity index (χ4n) is 4.88. The highest BCUT2D eigenvalue weighted by molar-refractivity contribution is 7.99. The second kappa shape index (κ2) is 8.60. The Bertz CT molecular complexity index is 1470. The van der Waals surface area contributed by atoms with Crippen LogP contribution in [0.25, 0.3) is 17.3 Å². The number of carbonyl (C=O) groups is 2. The van der Waals surface area contributed by atoms with E-state index in [0.29, 0.717) is 5.57 Å². The Morgan fingerprint density at radius 1 is 0.857 bits per heavy atom. The Hall–Kier alpha value is -4.09. The Morgan fingerprint density at radius 3 is 2.31 bits per heavy atom. The molecule has 0 fully saturated rings. The van der Waals surface area contributed by atoms with Gasteiger partial charge in [-0.2, -0.15) is 0 Å². The van der Waals surface area contributed by atoms with Crippen LogP contribution in [0.4, 0.5) is 0 Å². The summed E-state index contributed by atoms with van der Waals surface area (Å²) >= 11 is 1.50. The molecular formula is C30H21NO3S. The van der Waals surface area contributed by atoms with Gasteiger partial charge in [0.15, 0.2) is 11.2 Å². The van der Waals surface area contributed by atoms with Gasteiger partial charge in [0.2, 0.25) is 5.78 Å². The molecule has 6 rings (SSSR count). The van der Waals surface area contributed by atoms with Crippen molar-refractivity contribution in [2.45, 2.75) is 4.90 Å². The molecule has 4 nitrogen and oxygen atoms in total. The van der Waals surface area contributed by atoms with Crippen molar-refractivity contribution in [3.8, 4) is 0 Å². The second-order valence-corrected chi connectivity index (χ2v) is 9.53. The largest absolute Gasteiger partial charge is 0.461 e. The summed E-state index contributed by atoms with van der Waals surface area (Å²) in [6.07, 6.45) is 5.19. The molecule has 0 aliphatic carbocycles. The molecule has 0 saturated carbocycles. The van der Waals surface area contributed by atoms with E-state index < -0.39 is 5.41 Å². The van der Waals surface area contributed by atoms with Crippen molar-refractivity contribution in [1.29, 1.82) is 0 Å². The molecule has 0 radical (unpaired) electrons. The molecule has 5 heteroatoms. The lowest BCUT2D eigenvalue weighted by molar-refractivity contribution is -0.129. The Kier molecular flexibility index (Phi) is 5.27. The van der Waals surface area contributed by atoms with Crippen molar-refractivity contribution in [2.75, 3.05) is 5.75 Å². The fourth-order valence-corrected chi connectivity index (χ4v) is 6.01. The van der Waals surface area contributed by atoms with Crippen molar-refractivity contribution >= 4 is 40.8 Å². The Balaban J connectivity index is 1.63. The molecule has 0 N–H and O–H groups in total. The van der Waals surface area contributed by atoms with Gasteiger partial charge in [-0.3, -0.25) is 14.5 Å². The average Bonchev–Trinajstić information content (AvgIpc) is 3.54. The van der Waals surface area contributed by atoms with Crippen molar-refractivity contribution < 1.29 is 14.0 Å². The van der Waals surface area contributed by atoms with Gasteiger partial charge < -0.3 is 4.42 Å². The first-order valence-corrected chi connectivity index (χ1v) is 12.4. The lowest BCUT2D eigenvalue weighted by Crippen LogP contribution is -2.43. The molecule has 3 heterocycles. The molecule has 0 saturated heterocycles. The molecule has 1 atom stereocenters. The average molecular weight is 476 g/mol. The number of benzene rings is 3. The van der Waals surface area contributed by atoms with E-state index in [9.17, 15) is 9.59 Å². The number of furan rings is 1. The maximum Gasteiger partial charge on any atom is 0.250 e. The van der Waals surface area contributed by atoms with Gasteiger partial charge in [0.1, 0.15) is 0 Å². The predicted octanol–water partition coefficient (Wildman–Crippen LogP) is 6.64. The molecule has 2 aliphatic rings. The zero-order valence-electron chi connectivity index (χ0n) is 18.8. The number of fused-ring (bicyclic) bond motifs is 3. The molecule has 35 heavy (non-hydrogen) atoms. The number of Topliss-reactive ketones (excluding diaryl/α,β-unsaturated/α-hetero) is 1. The SMILES string of the molecule is O=C(c1ccco1)C1(CSc2ccccc2)C(=O)N2C=Cc3ccccc3C2=C1c1ccccc1. The monoisotopic (exact) mass is 475 g/mol. The minimum absolute atomic E-state index is 0.179. The van der Waals surface area contributed by atoms with Crippen LogP contribution in [0.3, 0.4) is 0 Å². The number of amides is 1. The third-order valence-electron chi connectivity index (χ3n) is 6.50. The number of carbonyl (C=O) groups excluding carboxylic acids is 2. The van der Waals surface area contributed by atoms with E-state index >= 15 is 0 Å². The van der Waals surface area contributed by atoms with Gasteiger partial charge >= 0.3 is 0 Å². The smallest absolute Gasteiger partial charge is 0.250 e. The summed E-state index contributed by atoms with van der Waals surface area (Å²) in [5.74, 6) is -0.169. The lowest BCUT2D eigenvalue weighted by Gasteiger charge is -2.28. The van der Waals surface area contributed by atoms with Crippen LogP contribution in [-0.4, -0.2) is 22.3 Å². The summed E-state index contributed by atoms with van der Waals surface area (Å²) < 4.78 is 5.57.